The van der Waals surface area contributed by atoms with Gasteiger partial charge in [0.05, 0.1) is 5.56 Å². The van der Waals surface area contributed by atoms with Crippen LogP contribution in [-0.4, -0.2) is 60.6 Å². The Hall–Kier alpha value is -1.34. The Morgan fingerprint density at radius 2 is 1.95 bits per heavy atom. The van der Waals surface area contributed by atoms with Crippen molar-refractivity contribution in [2.45, 2.75) is 19.1 Å². The fraction of sp³-hybridized carbons (Fsp3) is 0.643. The van der Waals surface area contributed by atoms with Gasteiger partial charge in [0.25, 0.3) is 0 Å². The molecule has 0 bridgehead atoms. The zero-order valence-electron chi connectivity index (χ0n) is 12.3. The Bertz CT molecular complexity index is 456. The highest BCUT2D eigenvalue weighted by Gasteiger charge is 2.34. The number of halogens is 3. The average Bonchev–Trinajstić information content (AvgIpc) is 2.45. The molecule has 0 spiro atoms. The number of aromatic nitrogens is 1. The van der Waals surface area contributed by atoms with Crippen LogP contribution in [0.5, 0.6) is 0 Å². The fourth-order valence-electron chi connectivity index (χ4n) is 2.41. The van der Waals surface area contributed by atoms with Crippen LogP contribution < -0.4 is 5.32 Å². The van der Waals surface area contributed by atoms with Gasteiger partial charge in [0.1, 0.15) is 5.82 Å². The van der Waals surface area contributed by atoms with Crippen molar-refractivity contribution in [3.8, 4) is 0 Å². The molecule has 1 aromatic heterocycles. The molecular formula is C14H21F3N4. The van der Waals surface area contributed by atoms with Crippen LogP contribution in [0.1, 0.15) is 12.5 Å². The highest BCUT2D eigenvalue weighted by atomic mass is 19.4. The Morgan fingerprint density at radius 3 is 2.57 bits per heavy atom. The van der Waals surface area contributed by atoms with Gasteiger partial charge in [-0.25, -0.2) is 4.98 Å². The summed E-state index contributed by atoms with van der Waals surface area (Å²) in [7, 11) is 2.07. The van der Waals surface area contributed by atoms with E-state index in [4.69, 9.17) is 0 Å². The Morgan fingerprint density at radius 1 is 1.29 bits per heavy atom. The van der Waals surface area contributed by atoms with E-state index < -0.39 is 11.7 Å². The Kier molecular flexibility index (Phi) is 5.05. The van der Waals surface area contributed by atoms with Crippen molar-refractivity contribution in [3.05, 3.63) is 23.9 Å². The second kappa shape index (κ2) is 6.62. The zero-order valence-corrected chi connectivity index (χ0v) is 12.3. The van der Waals surface area contributed by atoms with Crippen LogP contribution in [0, 0.1) is 0 Å². The maximum atomic E-state index is 12.9. The summed E-state index contributed by atoms with van der Waals surface area (Å²) in [5.74, 6) is -0.0917. The van der Waals surface area contributed by atoms with E-state index in [2.05, 4.69) is 27.1 Å². The number of alkyl halides is 3. The molecule has 21 heavy (non-hydrogen) atoms. The third-order valence-electron chi connectivity index (χ3n) is 3.84. The van der Waals surface area contributed by atoms with Gasteiger partial charge in [-0.3, -0.25) is 4.90 Å². The molecule has 2 heterocycles. The molecular weight excluding hydrogens is 281 g/mol. The molecule has 0 unspecified atom stereocenters. The average molecular weight is 302 g/mol. The molecule has 0 amide bonds. The van der Waals surface area contributed by atoms with E-state index >= 15 is 0 Å². The zero-order chi connectivity index (χ0) is 15.5. The Balaban J connectivity index is 1.94. The minimum atomic E-state index is -4.38. The summed E-state index contributed by atoms with van der Waals surface area (Å²) in [6, 6.07) is 2.52. The number of pyridine rings is 1. The monoisotopic (exact) mass is 302 g/mol. The third kappa shape index (κ3) is 4.31. The third-order valence-corrected chi connectivity index (χ3v) is 3.84. The number of hydrogen-bond acceptors (Lipinski definition) is 4. The van der Waals surface area contributed by atoms with Crippen molar-refractivity contribution in [2.24, 2.45) is 0 Å². The van der Waals surface area contributed by atoms with Crippen LogP contribution >= 0.6 is 0 Å². The number of nitrogens with one attached hydrogen (secondary N) is 1. The molecule has 2 rings (SSSR count). The van der Waals surface area contributed by atoms with Crippen molar-refractivity contribution in [3.63, 3.8) is 0 Å². The summed E-state index contributed by atoms with van der Waals surface area (Å²) < 4.78 is 38.6. The van der Waals surface area contributed by atoms with Crippen LogP contribution in [-0.2, 0) is 6.18 Å². The van der Waals surface area contributed by atoms with Gasteiger partial charge in [-0.2, -0.15) is 13.2 Å². The van der Waals surface area contributed by atoms with E-state index in [0.29, 0.717) is 6.54 Å². The first-order valence-electron chi connectivity index (χ1n) is 7.06. The SMILES string of the molecule is C[C@@H](CNc1ncccc1C(F)(F)F)N1CCN(C)CC1. The molecule has 1 aliphatic rings. The first-order chi connectivity index (χ1) is 9.88. The molecule has 1 fully saturated rings. The van der Waals surface area contributed by atoms with Gasteiger partial charge >= 0.3 is 6.18 Å². The molecule has 0 saturated carbocycles. The molecule has 1 atom stereocenters. The molecule has 1 aliphatic heterocycles. The van der Waals surface area contributed by atoms with E-state index in [1.165, 1.54) is 12.3 Å². The highest BCUT2D eigenvalue weighted by Crippen LogP contribution is 2.33. The normalized spacial score (nSPS) is 19.5. The van der Waals surface area contributed by atoms with Crippen molar-refractivity contribution in [1.29, 1.82) is 0 Å². The lowest BCUT2D eigenvalue weighted by atomic mass is 10.2. The maximum absolute atomic E-state index is 12.9. The molecule has 0 aliphatic carbocycles. The minimum Gasteiger partial charge on any atom is -0.368 e. The van der Waals surface area contributed by atoms with E-state index in [0.717, 1.165) is 32.2 Å². The summed E-state index contributed by atoms with van der Waals surface area (Å²) >= 11 is 0. The van der Waals surface area contributed by atoms with Crippen LogP contribution in [0.4, 0.5) is 19.0 Å². The van der Waals surface area contributed by atoms with Crippen LogP contribution in [0.3, 0.4) is 0 Å². The lowest BCUT2D eigenvalue weighted by Crippen LogP contribution is -2.50. The summed E-state index contributed by atoms with van der Waals surface area (Å²) in [6.07, 6.45) is -3.01. The van der Waals surface area contributed by atoms with Crippen LogP contribution in [0.2, 0.25) is 0 Å². The molecule has 0 aromatic carbocycles. The summed E-state index contributed by atoms with van der Waals surface area (Å²) in [5.41, 5.74) is -0.712. The van der Waals surface area contributed by atoms with Crippen molar-refractivity contribution in [1.82, 2.24) is 14.8 Å². The highest BCUT2D eigenvalue weighted by molar-refractivity contribution is 5.45. The van der Waals surface area contributed by atoms with Crippen LogP contribution in [0.25, 0.3) is 0 Å². The smallest absolute Gasteiger partial charge is 0.368 e. The number of likely N-dealkylation sites (N-methyl/N-ethyl adjacent to an activating group) is 1. The number of piperazine rings is 1. The number of anilines is 1. The van der Waals surface area contributed by atoms with Gasteiger partial charge in [0.15, 0.2) is 0 Å². The first kappa shape index (κ1) is 16.0. The van der Waals surface area contributed by atoms with Crippen LogP contribution in [0.15, 0.2) is 18.3 Å². The minimum absolute atomic E-state index is 0.0917. The van der Waals surface area contributed by atoms with Gasteiger partial charge in [-0.05, 0) is 26.1 Å². The first-order valence-corrected chi connectivity index (χ1v) is 7.06. The predicted molar refractivity (Wildman–Crippen MR) is 76.3 cm³/mol. The Labute approximate surface area is 122 Å². The predicted octanol–water partition coefficient (Wildman–Crippen LogP) is 2.15. The van der Waals surface area contributed by atoms with E-state index in [9.17, 15) is 13.2 Å². The van der Waals surface area contributed by atoms with Crippen molar-refractivity contribution >= 4 is 5.82 Å². The quantitative estimate of drug-likeness (QED) is 0.923. The molecule has 4 nitrogen and oxygen atoms in total. The molecule has 118 valence electrons. The van der Waals surface area contributed by atoms with Gasteiger partial charge < -0.3 is 10.2 Å². The van der Waals surface area contributed by atoms with Gasteiger partial charge in [-0.1, -0.05) is 0 Å². The molecule has 7 heteroatoms. The molecule has 1 N–H and O–H groups in total. The maximum Gasteiger partial charge on any atom is 0.419 e. The van der Waals surface area contributed by atoms with E-state index in [1.54, 1.807) is 0 Å². The number of rotatable bonds is 4. The standard InChI is InChI=1S/C14H21F3N4/c1-11(21-8-6-20(2)7-9-21)10-19-13-12(14(15,16)17)4-3-5-18-13/h3-5,11H,6-10H2,1-2H3,(H,18,19)/t11-/m0/s1. The van der Waals surface area contributed by atoms with Gasteiger partial charge in [0, 0.05) is 45.0 Å². The lowest BCUT2D eigenvalue weighted by Gasteiger charge is -2.36. The summed E-state index contributed by atoms with van der Waals surface area (Å²) in [5, 5.41) is 2.84. The fourth-order valence-corrected chi connectivity index (χ4v) is 2.41. The number of nitrogens with zero attached hydrogens (tertiary/aromatic N) is 3. The van der Waals surface area contributed by atoms with Gasteiger partial charge in [-0.15, -0.1) is 0 Å². The van der Waals surface area contributed by atoms with Crippen molar-refractivity contribution in [2.75, 3.05) is 45.1 Å². The summed E-state index contributed by atoms with van der Waals surface area (Å²) in [4.78, 5) is 8.34. The van der Waals surface area contributed by atoms with E-state index in [1.807, 2.05) is 6.92 Å². The number of hydrogen-bond donors (Lipinski definition) is 1. The lowest BCUT2D eigenvalue weighted by molar-refractivity contribution is -0.137. The largest absolute Gasteiger partial charge is 0.419 e. The second-order valence-corrected chi connectivity index (χ2v) is 5.47. The second-order valence-electron chi connectivity index (χ2n) is 5.47. The van der Waals surface area contributed by atoms with Crippen molar-refractivity contribution < 1.29 is 13.2 Å². The molecule has 0 radical (unpaired) electrons. The molecule has 1 aromatic rings. The topological polar surface area (TPSA) is 31.4 Å². The van der Waals surface area contributed by atoms with E-state index in [-0.39, 0.29) is 11.9 Å². The van der Waals surface area contributed by atoms with Gasteiger partial charge in [0.2, 0.25) is 0 Å². The summed E-state index contributed by atoms with van der Waals surface area (Å²) in [6.45, 7) is 6.32. The molecule has 1 saturated heterocycles.